The van der Waals surface area contributed by atoms with Gasteiger partial charge >= 0.3 is 5.97 Å². The van der Waals surface area contributed by atoms with Gasteiger partial charge in [0.15, 0.2) is 0 Å². The zero-order valence-electron chi connectivity index (χ0n) is 15.9. The highest BCUT2D eigenvalue weighted by molar-refractivity contribution is 7.99. The Morgan fingerprint density at radius 3 is 2.50 bits per heavy atom. The summed E-state index contributed by atoms with van der Waals surface area (Å²) >= 11 is 1.88. The number of rotatable bonds is 18. The van der Waals surface area contributed by atoms with Crippen LogP contribution in [0.25, 0.3) is 0 Å². The number of ether oxygens (including phenoxy) is 1. The molecule has 0 aliphatic carbocycles. The number of carbonyl (C=O) groups is 1. The Morgan fingerprint density at radius 1 is 1.04 bits per heavy atom. The van der Waals surface area contributed by atoms with Crippen molar-refractivity contribution in [3.05, 3.63) is 0 Å². The van der Waals surface area contributed by atoms with E-state index in [1.165, 1.54) is 38.5 Å². The van der Waals surface area contributed by atoms with Crippen LogP contribution in [0.15, 0.2) is 0 Å². The number of hydrogen-bond acceptors (Lipinski definition) is 5. The molecule has 24 heavy (non-hydrogen) atoms. The molecule has 0 aliphatic rings. The Bertz CT molecular complexity index is 277. The maximum atomic E-state index is 11.9. The molecule has 0 amide bonds. The largest absolute Gasteiger partial charge is 0.465 e. The summed E-state index contributed by atoms with van der Waals surface area (Å²) in [7, 11) is 0. The molecule has 0 heterocycles. The molecule has 2 N–H and O–H groups in total. The summed E-state index contributed by atoms with van der Waals surface area (Å²) in [5.74, 6) is 2.01. The maximum absolute atomic E-state index is 11.9. The monoisotopic (exact) mass is 361 g/mol. The molecule has 0 rings (SSSR count). The van der Waals surface area contributed by atoms with Gasteiger partial charge < -0.3 is 15.2 Å². The van der Waals surface area contributed by atoms with Gasteiger partial charge in [-0.15, -0.1) is 0 Å². The second-order valence-corrected chi connectivity index (χ2v) is 7.60. The van der Waals surface area contributed by atoms with Crippen molar-refractivity contribution in [3.8, 4) is 0 Å². The first kappa shape index (κ1) is 23.7. The minimum absolute atomic E-state index is 0.0128. The molecule has 0 saturated heterocycles. The van der Waals surface area contributed by atoms with Crippen molar-refractivity contribution < 1.29 is 14.6 Å². The molecule has 0 saturated carbocycles. The van der Waals surface area contributed by atoms with Crippen LogP contribution in [0.2, 0.25) is 0 Å². The zero-order valence-corrected chi connectivity index (χ0v) is 16.7. The molecule has 5 heteroatoms. The third kappa shape index (κ3) is 16.6. The second kappa shape index (κ2) is 19.1. The van der Waals surface area contributed by atoms with Gasteiger partial charge in [0, 0.05) is 12.3 Å². The van der Waals surface area contributed by atoms with Gasteiger partial charge in [-0.2, -0.15) is 11.8 Å². The van der Waals surface area contributed by atoms with E-state index >= 15 is 0 Å². The molecule has 144 valence electrons. The number of esters is 1. The quantitative estimate of drug-likeness (QED) is 0.285. The van der Waals surface area contributed by atoms with Crippen LogP contribution in [-0.4, -0.2) is 48.9 Å². The average molecular weight is 362 g/mol. The van der Waals surface area contributed by atoms with Gasteiger partial charge in [0.05, 0.1) is 19.1 Å². The minimum atomic E-state index is -0.0377. The lowest BCUT2D eigenvalue weighted by Gasteiger charge is -2.11. The fraction of sp³-hybridized carbons (Fsp3) is 0.947. The Balaban J connectivity index is 3.32. The van der Waals surface area contributed by atoms with E-state index < -0.39 is 0 Å². The molecule has 0 aromatic heterocycles. The zero-order chi connectivity index (χ0) is 17.9. The summed E-state index contributed by atoms with van der Waals surface area (Å²) in [6.45, 7) is 6.63. The SMILES string of the molecule is CCCCCCSCC(C)C(=O)OCCCCCCCNCCO. The number of hydrogen-bond donors (Lipinski definition) is 2. The predicted molar refractivity (Wildman–Crippen MR) is 105 cm³/mol. The number of nitrogens with one attached hydrogen (secondary N) is 1. The topological polar surface area (TPSA) is 58.6 Å². The van der Waals surface area contributed by atoms with Crippen LogP contribution >= 0.6 is 11.8 Å². The van der Waals surface area contributed by atoms with Gasteiger partial charge in [0.1, 0.15) is 0 Å². The van der Waals surface area contributed by atoms with E-state index in [2.05, 4.69) is 12.2 Å². The molecule has 1 unspecified atom stereocenters. The molecule has 0 fully saturated rings. The lowest BCUT2D eigenvalue weighted by molar-refractivity contribution is -0.147. The first-order valence-electron chi connectivity index (χ1n) is 9.78. The van der Waals surface area contributed by atoms with E-state index in [0.29, 0.717) is 13.2 Å². The van der Waals surface area contributed by atoms with E-state index in [0.717, 1.165) is 37.3 Å². The van der Waals surface area contributed by atoms with Crippen LogP contribution in [0.1, 0.15) is 71.6 Å². The highest BCUT2D eigenvalue weighted by Gasteiger charge is 2.13. The summed E-state index contributed by atoms with van der Waals surface area (Å²) < 4.78 is 5.37. The lowest BCUT2D eigenvalue weighted by Crippen LogP contribution is -2.19. The van der Waals surface area contributed by atoms with Crippen LogP contribution in [-0.2, 0) is 9.53 Å². The van der Waals surface area contributed by atoms with Crippen LogP contribution in [0.4, 0.5) is 0 Å². The highest BCUT2D eigenvalue weighted by Crippen LogP contribution is 2.13. The normalized spacial score (nSPS) is 12.3. The van der Waals surface area contributed by atoms with Crippen molar-refractivity contribution in [1.29, 1.82) is 0 Å². The maximum Gasteiger partial charge on any atom is 0.309 e. The third-order valence-electron chi connectivity index (χ3n) is 3.94. The summed E-state index contributed by atoms with van der Waals surface area (Å²) in [5.41, 5.74) is 0. The van der Waals surface area contributed by atoms with E-state index in [-0.39, 0.29) is 18.5 Å². The Morgan fingerprint density at radius 2 is 1.75 bits per heavy atom. The average Bonchev–Trinajstić information content (AvgIpc) is 2.59. The number of carbonyl (C=O) groups excluding carboxylic acids is 1. The fourth-order valence-electron chi connectivity index (χ4n) is 2.36. The van der Waals surface area contributed by atoms with Gasteiger partial charge in [-0.05, 0) is 31.6 Å². The third-order valence-corrected chi connectivity index (χ3v) is 5.26. The Labute approximate surface area is 153 Å². The molecular weight excluding hydrogens is 322 g/mol. The van der Waals surface area contributed by atoms with Crippen molar-refractivity contribution in [3.63, 3.8) is 0 Å². The molecule has 4 nitrogen and oxygen atoms in total. The van der Waals surface area contributed by atoms with E-state index in [4.69, 9.17) is 9.84 Å². The highest BCUT2D eigenvalue weighted by atomic mass is 32.2. The molecular formula is C19H39NO3S. The van der Waals surface area contributed by atoms with Gasteiger partial charge in [0.25, 0.3) is 0 Å². The second-order valence-electron chi connectivity index (χ2n) is 6.45. The van der Waals surface area contributed by atoms with Crippen molar-refractivity contribution in [2.45, 2.75) is 71.6 Å². The van der Waals surface area contributed by atoms with Crippen molar-refractivity contribution in [1.82, 2.24) is 5.32 Å². The van der Waals surface area contributed by atoms with Crippen LogP contribution in [0, 0.1) is 5.92 Å². The number of aliphatic hydroxyl groups excluding tert-OH is 1. The number of unbranched alkanes of at least 4 members (excludes halogenated alkanes) is 7. The smallest absolute Gasteiger partial charge is 0.309 e. The van der Waals surface area contributed by atoms with Gasteiger partial charge in [-0.3, -0.25) is 4.79 Å². The van der Waals surface area contributed by atoms with Crippen LogP contribution in [0.5, 0.6) is 0 Å². The number of thioether (sulfide) groups is 1. The summed E-state index contributed by atoms with van der Waals surface area (Å²) in [4.78, 5) is 11.9. The van der Waals surface area contributed by atoms with Crippen molar-refractivity contribution in [2.75, 3.05) is 37.8 Å². The summed E-state index contributed by atoms with van der Waals surface area (Å²) in [6.07, 6.45) is 10.8. The van der Waals surface area contributed by atoms with Crippen LogP contribution < -0.4 is 5.32 Å². The summed E-state index contributed by atoms with van der Waals surface area (Å²) in [6, 6.07) is 0. The molecule has 1 atom stereocenters. The summed E-state index contributed by atoms with van der Waals surface area (Å²) in [5, 5.41) is 11.8. The molecule has 0 radical (unpaired) electrons. The van der Waals surface area contributed by atoms with Gasteiger partial charge in [-0.25, -0.2) is 0 Å². The Hall–Kier alpha value is -0.260. The minimum Gasteiger partial charge on any atom is -0.465 e. The van der Waals surface area contributed by atoms with Crippen molar-refractivity contribution in [2.24, 2.45) is 5.92 Å². The molecule has 0 aromatic rings. The van der Waals surface area contributed by atoms with E-state index in [1.807, 2.05) is 18.7 Å². The first-order valence-corrected chi connectivity index (χ1v) is 10.9. The predicted octanol–water partition coefficient (Wildman–Crippen LogP) is 4.01. The van der Waals surface area contributed by atoms with Crippen LogP contribution in [0.3, 0.4) is 0 Å². The lowest BCUT2D eigenvalue weighted by atomic mass is 10.1. The fourth-order valence-corrected chi connectivity index (χ4v) is 3.43. The molecule has 0 spiro atoms. The van der Waals surface area contributed by atoms with Gasteiger partial charge in [-0.1, -0.05) is 52.4 Å². The first-order chi connectivity index (χ1) is 11.7. The van der Waals surface area contributed by atoms with Gasteiger partial charge in [0.2, 0.25) is 0 Å². The standard InChI is InChI=1S/C19H39NO3S/c1-3-4-5-11-16-24-17-18(2)19(22)23-15-10-8-6-7-9-12-20-13-14-21/h18,20-21H,3-17H2,1-2H3. The molecule has 0 bridgehead atoms. The molecule has 0 aromatic carbocycles. The number of aliphatic hydroxyl groups is 1. The van der Waals surface area contributed by atoms with E-state index in [9.17, 15) is 4.79 Å². The van der Waals surface area contributed by atoms with Crippen molar-refractivity contribution >= 4 is 17.7 Å². The van der Waals surface area contributed by atoms with E-state index in [1.54, 1.807) is 0 Å². The Kier molecular flexibility index (Phi) is 18.9. The molecule has 0 aliphatic heterocycles.